The average Bonchev–Trinajstić information content (AvgIpc) is 2.99. The minimum atomic E-state index is -0.439. The number of aryl methyl sites for hydroxylation is 1. The highest BCUT2D eigenvalue weighted by Gasteiger charge is 2.21. The van der Waals surface area contributed by atoms with Crippen molar-refractivity contribution in [2.45, 2.75) is 45.4 Å². The van der Waals surface area contributed by atoms with E-state index in [9.17, 15) is 15.0 Å². The Balaban J connectivity index is 1.22. The summed E-state index contributed by atoms with van der Waals surface area (Å²) in [5.41, 5.74) is 2.38. The third-order valence-electron chi connectivity index (χ3n) is 7.84. The zero-order chi connectivity index (χ0) is 28.3. The largest absolute Gasteiger partial charge is 0.507 e. The Morgan fingerprint density at radius 3 is 2.07 bits per heavy atom. The van der Waals surface area contributed by atoms with E-state index in [1.807, 2.05) is 25.1 Å². The van der Waals surface area contributed by atoms with Crippen LogP contribution in [0, 0.1) is 6.92 Å². The third kappa shape index (κ3) is 5.82. The van der Waals surface area contributed by atoms with Crippen LogP contribution in [-0.4, -0.2) is 57.3 Å². The van der Waals surface area contributed by atoms with E-state index in [1.165, 1.54) is 18.9 Å². The third-order valence-corrected chi connectivity index (χ3v) is 7.84. The number of amides is 1. The molecule has 0 unspecified atom stereocenters. The molecule has 0 saturated carbocycles. The second kappa shape index (κ2) is 11.5. The molecule has 4 N–H and O–H groups in total. The minimum Gasteiger partial charge on any atom is -0.507 e. The van der Waals surface area contributed by atoms with Gasteiger partial charge in [0.1, 0.15) is 11.5 Å². The smallest absolute Gasteiger partial charge is 0.259 e. The predicted molar refractivity (Wildman–Crippen MR) is 162 cm³/mol. The summed E-state index contributed by atoms with van der Waals surface area (Å²) in [6.07, 6.45) is 7.02. The molecular weight excluding hydrogens is 518 g/mol. The minimum absolute atomic E-state index is 0.0490. The number of piperidine rings is 2. The van der Waals surface area contributed by atoms with E-state index in [4.69, 9.17) is 15.0 Å². The van der Waals surface area contributed by atoms with Crippen molar-refractivity contribution in [1.29, 1.82) is 0 Å². The van der Waals surface area contributed by atoms with Crippen LogP contribution in [0.2, 0.25) is 0 Å². The molecule has 3 aromatic carbocycles. The Morgan fingerprint density at radius 1 is 0.780 bits per heavy atom. The number of carbonyl (C=O) groups is 1. The van der Waals surface area contributed by atoms with E-state index in [-0.39, 0.29) is 17.1 Å². The Labute approximate surface area is 239 Å². The Kier molecular flexibility index (Phi) is 7.45. The Hall–Kier alpha value is -4.60. The lowest BCUT2D eigenvalue weighted by atomic mass is 10.0. The molecule has 1 aromatic heterocycles. The van der Waals surface area contributed by atoms with Gasteiger partial charge < -0.3 is 30.6 Å². The van der Waals surface area contributed by atoms with Crippen LogP contribution in [0.4, 0.5) is 29.2 Å². The van der Waals surface area contributed by atoms with Gasteiger partial charge in [-0.1, -0.05) is 12.1 Å². The predicted octanol–water partition coefficient (Wildman–Crippen LogP) is 5.72. The number of hydrogen-bond donors (Lipinski definition) is 4. The number of benzene rings is 3. The molecule has 4 aromatic rings. The van der Waals surface area contributed by atoms with Crippen molar-refractivity contribution in [1.82, 2.24) is 15.0 Å². The summed E-state index contributed by atoms with van der Waals surface area (Å²) < 4.78 is 0. The van der Waals surface area contributed by atoms with Crippen LogP contribution in [0.25, 0.3) is 10.8 Å². The van der Waals surface area contributed by atoms with Gasteiger partial charge >= 0.3 is 0 Å². The van der Waals surface area contributed by atoms with E-state index < -0.39 is 5.91 Å². The van der Waals surface area contributed by atoms with Crippen molar-refractivity contribution < 1.29 is 15.0 Å². The summed E-state index contributed by atoms with van der Waals surface area (Å²) in [7, 11) is 0. The lowest BCUT2D eigenvalue weighted by Gasteiger charge is -2.30. The van der Waals surface area contributed by atoms with Gasteiger partial charge in [0, 0.05) is 42.9 Å². The molecule has 2 aliphatic rings. The van der Waals surface area contributed by atoms with Gasteiger partial charge in [0.2, 0.25) is 17.8 Å². The van der Waals surface area contributed by atoms with Gasteiger partial charge in [0.05, 0.1) is 5.56 Å². The lowest BCUT2D eigenvalue weighted by Crippen LogP contribution is -2.34. The topological polar surface area (TPSA) is 127 Å². The van der Waals surface area contributed by atoms with Crippen molar-refractivity contribution in [2.24, 2.45) is 0 Å². The van der Waals surface area contributed by atoms with Crippen molar-refractivity contribution in [3.8, 4) is 11.5 Å². The summed E-state index contributed by atoms with van der Waals surface area (Å²) in [5, 5.41) is 27.9. The second-order valence-corrected chi connectivity index (χ2v) is 10.8. The van der Waals surface area contributed by atoms with Crippen molar-refractivity contribution in [3.63, 3.8) is 0 Å². The summed E-state index contributed by atoms with van der Waals surface area (Å²) in [5.74, 6) is 1.34. The van der Waals surface area contributed by atoms with Crippen LogP contribution in [0.3, 0.4) is 0 Å². The van der Waals surface area contributed by atoms with E-state index in [1.54, 1.807) is 24.3 Å². The van der Waals surface area contributed by atoms with Gasteiger partial charge in [-0.05, 0) is 92.8 Å². The fraction of sp³-hybridized carbons (Fsp3) is 0.355. The molecule has 10 heteroatoms. The van der Waals surface area contributed by atoms with Gasteiger partial charge in [-0.25, -0.2) is 0 Å². The van der Waals surface area contributed by atoms with Crippen molar-refractivity contribution >= 4 is 45.9 Å². The number of anilines is 5. The quantitative estimate of drug-likeness (QED) is 0.237. The molecule has 10 nitrogen and oxygen atoms in total. The molecule has 41 heavy (non-hydrogen) atoms. The highest BCUT2D eigenvalue weighted by atomic mass is 16.3. The number of nitrogens with one attached hydrogen (secondary N) is 2. The molecule has 3 heterocycles. The maximum absolute atomic E-state index is 13.1. The van der Waals surface area contributed by atoms with Gasteiger partial charge in [-0.15, -0.1) is 0 Å². The first-order valence-electron chi connectivity index (χ1n) is 14.3. The second-order valence-electron chi connectivity index (χ2n) is 10.8. The molecule has 2 fully saturated rings. The van der Waals surface area contributed by atoms with E-state index in [2.05, 4.69) is 20.4 Å². The van der Waals surface area contributed by atoms with E-state index >= 15 is 0 Å². The lowest BCUT2D eigenvalue weighted by molar-refractivity contribution is 0.102. The van der Waals surface area contributed by atoms with E-state index in [0.717, 1.165) is 63.1 Å². The van der Waals surface area contributed by atoms with Gasteiger partial charge in [-0.2, -0.15) is 15.0 Å². The number of phenolic OH excluding ortho intramolecular Hbond substituents is 2. The summed E-state index contributed by atoms with van der Waals surface area (Å²) in [6, 6.07) is 13.6. The molecular formula is C31H35N7O3. The molecule has 0 radical (unpaired) electrons. The maximum Gasteiger partial charge on any atom is 0.259 e. The first-order chi connectivity index (χ1) is 19.9. The van der Waals surface area contributed by atoms with Crippen LogP contribution in [0.15, 0.2) is 48.5 Å². The number of carbonyl (C=O) groups excluding carboxylic acids is 1. The number of hydrogen-bond acceptors (Lipinski definition) is 9. The number of fused-ring (bicyclic) bond motifs is 1. The van der Waals surface area contributed by atoms with Crippen LogP contribution in [0.1, 0.15) is 54.4 Å². The standard InChI is InChI=1S/C31H35N7O3/c1-20-17-22(11-12-25(20)33-28(41)24-18-21-9-8-10-26(39)23(21)19-27(24)40)32-29-34-30(37-13-4-2-5-14-37)36-31(35-29)38-15-6-3-7-16-38/h8-12,17-19,39-40H,2-7,13-16H2,1H3,(H,33,41)(H,32,34,35,36). The van der Waals surface area contributed by atoms with Gasteiger partial charge in [0.25, 0.3) is 5.91 Å². The fourth-order valence-electron chi connectivity index (χ4n) is 5.56. The number of aromatic hydroxyl groups is 2. The molecule has 6 rings (SSSR count). The average molecular weight is 554 g/mol. The molecule has 212 valence electrons. The molecule has 1 amide bonds. The SMILES string of the molecule is Cc1cc(Nc2nc(N3CCCCC3)nc(N3CCCCC3)n2)ccc1NC(=O)c1cc2cccc(O)c2cc1O. The van der Waals surface area contributed by atoms with Gasteiger partial charge in [0.15, 0.2) is 0 Å². The molecule has 2 aliphatic heterocycles. The highest BCUT2D eigenvalue weighted by Crippen LogP contribution is 2.32. The van der Waals surface area contributed by atoms with E-state index in [0.29, 0.717) is 34.3 Å². The fourth-order valence-corrected chi connectivity index (χ4v) is 5.56. The molecule has 0 spiro atoms. The molecule has 0 bridgehead atoms. The Bertz CT molecular complexity index is 1540. The number of aromatic nitrogens is 3. The number of nitrogens with zero attached hydrogens (tertiary/aromatic N) is 5. The Morgan fingerprint density at radius 2 is 1.44 bits per heavy atom. The van der Waals surface area contributed by atoms with Crippen LogP contribution in [-0.2, 0) is 0 Å². The molecule has 0 atom stereocenters. The highest BCUT2D eigenvalue weighted by molar-refractivity contribution is 6.09. The summed E-state index contributed by atoms with van der Waals surface area (Å²) >= 11 is 0. The van der Waals surface area contributed by atoms with Crippen LogP contribution in [0.5, 0.6) is 11.5 Å². The zero-order valence-electron chi connectivity index (χ0n) is 23.2. The zero-order valence-corrected chi connectivity index (χ0v) is 23.2. The first-order valence-corrected chi connectivity index (χ1v) is 14.3. The number of phenols is 2. The normalized spacial score (nSPS) is 15.6. The van der Waals surface area contributed by atoms with Crippen LogP contribution < -0.4 is 20.4 Å². The van der Waals surface area contributed by atoms with Crippen molar-refractivity contribution in [2.75, 3.05) is 46.6 Å². The monoisotopic (exact) mass is 553 g/mol. The summed E-state index contributed by atoms with van der Waals surface area (Å²) in [4.78, 5) is 32.0. The van der Waals surface area contributed by atoms with Crippen LogP contribution >= 0.6 is 0 Å². The van der Waals surface area contributed by atoms with Crippen molar-refractivity contribution in [3.05, 3.63) is 59.7 Å². The summed E-state index contributed by atoms with van der Waals surface area (Å²) in [6.45, 7) is 5.70. The maximum atomic E-state index is 13.1. The molecule has 0 aliphatic carbocycles. The van der Waals surface area contributed by atoms with Gasteiger partial charge in [-0.3, -0.25) is 4.79 Å². The number of rotatable bonds is 6. The first kappa shape index (κ1) is 26.6. The molecule has 2 saturated heterocycles.